The molecule has 1 N–H and O–H groups in total. The zero-order valence-corrected chi connectivity index (χ0v) is 10.7. The predicted molar refractivity (Wildman–Crippen MR) is 71.0 cm³/mol. The summed E-state index contributed by atoms with van der Waals surface area (Å²) in [6, 6.07) is 10.6. The van der Waals surface area contributed by atoms with Crippen molar-refractivity contribution in [3.05, 3.63) is 35.9 Å². The van der Waals surface area contributed by atoms with Gasteiger partial charge in [-0.05, 0) is 56.8 Å². The second kappa shape index (κ2) is 5.65. The van der Waals surface area contributed by atoms with Gasteiger partial charge in [0.05, 0.1) is 0 Å². The van der Waals surface area contributed by atoms with Crippen molar-refractivity contribution in [1.29, 1.82) is 0 Å². The first-order chi connectivity index (χ1) is 8.24. The van der Waals surface area contributed by atoms with Crippen LogP contribution in [0.4, 0.5) is 0 Å². The van der Waals surface area contributed by atoms with Gasteiger partial charge >= 0.3 is 0 Å². The third-order valence-corrected chi connectivity index (χ3v) is 4.17. The Morgan fingerprint density at radius 3 is 2.41 bits per heavy atom. The zero-order valence-electron chi connectivity index (χ0n) is 10.7. The van der Waals surface area contributed by atoms with Gasteiger partial charge in [0, 0.05) is 6.61 Å². The Morgan fingerprint density at radius 1 is 1.18 bits per heavy atom. The van der Waals surface area contributed by atoms with Gasteiger partial charge in [-0.3, -0.25) is 0 Å². The van der Waals surface area contributed by atoms with Crippen molar-refractivity contribution in [2.24, 2.45) is 5.41 Å². The molecule has 1 aromatic rings. The molecule has 2 nitrogen and oxygen atoms in total. The predicted octanol–water partition coefficient (Wildman–Crippen LogP) is 2.32. The number of benzene rings is 1. The fourth-order valence-electron chi connectivity index (χ4n) is 2.63. The Kier molecular flexibility index (Phi) is 4.19. The molecule has 0 aromatic heterocycles. The van der Waals surface area contributed by atoms with Crippen molar-refractivity contribution in [3.63, 3.8) is 0 Å². The summed E-state index contributed by atoms with van der Waals surface area (Å²) in [5.41, 5.74) is 1.56. The molecule has 17 heavy (non-hydrogen) atoms. The van der Waals surface area contributed by atoms with E-state index in [2.05, 4.69) is 42.3 Å². The second-order valence-corrected chi connectivity index (χ2v) is 5.45. The van der Waals surface area contributed by atoms with Crippen molar-refractivity contribution < 1.29 is 5.11 Å². The van der Waals surface area contributed by atoms with E-state index in [0.29, 0.717) is 6.61 Å². The zero-order chi connectivity index (χ0) is 12.1. The topological polar surface area (TPSA) is 23.5 Å². The summed E-state index contributed by atoms with van der Waals surface area (Å²) in [5.74, 6) is 0. The fourth-order valence-corrected chi connectivity index (χ4v) is 2.63. The summed E-state index contributed by atoms with van der Waals surface area (Å²) in [5, 5.41) is 9.69. The lowest BCUT2D eigenvalue weighted by Gasteiger charge is -2.39. The molecule has 1 aromatic carbocycles. The van der Waals surface area contributed by atoms with E-state index in [1.807, 2.05) is 0 Å². The second-order valence-electron chi connectivity index (χ2n) is 5.45. The van der Waals surface area contributed by atoms with Gasteiger partial charge < -0.3 is 10.0 Å². The Labute approximate surface area is 104 Å². The van der Waals surface area contributed by atoms with Crippen molar-refractivity contribution in [2.75, 3.05) is 26.7 Å². The van der Waals surface area contributed by atoms with Gasteiger partial charge in [-0.25, -0.2) is 0 Å². The van der Waals surface area contributed by atoms with Crippen molar-refractivity contribution in [2.45, 2.75) is 25.7 Å². The van der Waals surface area contributed by atoms with Crippen LogP contribution in [0.25, 0.3) is 0 Å². The first-order valence-electron chi connectivity index (χ1n) is 6.57. The number of piperidine rings is 1. The Balaban J connectivity index is 1.91. The van der Waals surface area contributed by atoms with Gasteiger partial charge in [0.2, 0.25) is 0 Å². The minimum atomic E-state index is 0.169. The molecule has 0 bridgehead atoms. The van der Waals surface area contributed by atoms with Crippen LogP contribution < -0.4 is 0 Å². The Hall–Kier alpha value is -0.860. The number of rotatable bonds is 4. The van der Waals surface area contributed by atoms with Crippen LogP contribution in [0.2, 0.25) is 0 Å². The molecule has 0 saturated carbocycles. The van der Waals surface area contributed by atoms with E-state index >= 15 is 0 Å². The molecule has 1 saturated heterocycles. The van der Waals surface area contributed by atoms with Gasteiger partial charge in [0.1, 0.15) is 0 Å². The van der Waals surface area contributed by atoms with Crippen LogP contribution in [0.3, 0.4) is 0 Å². The summed E-state index contributed by atoms with van der Waals surface area (Å²) in [4.78, 5) is 2.36. The molecule has 0 amide bonds. The van der Waals surface area contributed by atoms with Gasteiger partial charge in [0.25, 0.3) is 0 Å². The quantitative estimate of drug-likeness (QED) is 0.862. The molecule has 0 unspecified atom stereocenters. The van der Waals surface area contributed by atoms with Crippen LogP contribution in [0.5, 0.6) is 0 Å². The monoisotopic (exact) mass is 233 g/mol. The first-order valence-corrected chi connectivity index (χ1v) is 6.57. The normalized spacial score (nSPS) is 20.4. The number of nitrogens with zero attached hydrogens (tertiary/aromatic N) is 1. The van der Waals surface area contributed by atoms with Gasteiger partial charge in [-0.2, -0.15) is 0 Å². The molecule has 1 aliphatic heterocycles. The standard InChI is InChI=1S/C15H23NO/c1-16-11-9-15(13-17,10-12-16)8-7-14-5-3-2-4-6-14/h2-6,17H,7-13H2,1H3. The minimum absolute atomic E-state index is 0.169. The SMILES string of the molecule is CN1CCC(CO)(CCc2ccccc2)CC1. The lowest BCUT2D eigenvalue weighted by Crippen LogP contribution is -2.40. The molecule has 0 aliphatic carbocycles. The highest BCUT2D eigenvalue weighted by Crippen LogP contribution is 2.35. The van der Waals surface area contributed by atoms with Gasteiger partial charge in [-0.1, -0.05) is 30.3 Å². The van der Waals surface area contributed by atoms with E-state index in [1.54, 1.807) is 0 Å². The smallest absolute Gasteiger partial charge is 0.0488 e. The average molecular weight is 233 g/mol. The Bertz CT molecular complexity index is 328. The van der Waals surface area contributed by atoms with Crippen LogP contribution in [-0.2, 0) is 6.42 Å². The van der Waals surface area contributed by atoms with Crippen molar-refractivity contribution in [1.82, 2.24) is 4.90 Å². The van der Waals surface area contributed by atoms with Crippen LogP contribution in [0.1, 0.15) is 24.8 Å². The van der Waals surface area contributed by atoms with Crippen LogP contribution in [-0.4, -0.2) is 36.8 Å². The molecule has 1 aliphatic rings. The number of aliphatic hydroxyl groups excluding tert-OH is 1. The summed E-state index contributed by atoms with van der Waals surface area (Å²) in [6.07, 6.45) is 4.46. The lowest BCUT2D eigenvalue weighted by molar-refractivity contribution is 0.0460. The number of aryl methyl sites for hydroxylation is 1. The van der Waals surface area contributed by atoms with E-state index < -0.39 is 0 Å². The number of likely N-dealkylation sites (tertiary alicyclic amines) is 1. The van der Waals surface area contributed by atoms with E-state index in [9.17, 15) is 5.11 Å². The van der Waals surface area contributed by atoms with Crippen LogP contribution >= 0.6 is 0 Å². The van der Waals surface area contributed by atoms with E-state index in [-0.39, 0.29) is 5.41 Å². The molecule has 0 spiro atoms. The van der Waals surface area contributed by atoms with Gasteiger partial charge in [0.15, 0.2) is 0 Å². The molecule has 0 radical (unpaired) electrons. The highest BCUT2D eigenvalue weighted by Gasteiger charge is 2.32. The fraction of sp³-hybridized carbons (Fsp3) is 0.600. The summed E-state index contributed by atoms with van der Waals surface area (Å²) in [7, 11) is 2.17. The van der Waals surface area contributed by atoms with Crippen molar-refractivity contribution >= 4 is 0 Å². The molecule has 1 fully saturated rings. The maximum atomic E-state index is 9.69. The van der Waals surface area contributed by atoms with E-state index in [1.165, 1.54) is 5.56 Å². The highest BCUT2D eigenvalue weighted by molar-refractivity contribution is 5.15. The lowest BCUT2D eigenvalue weighted by atomic mass is 9.75. The number of aliphatic hydroxyl groups is 1. The molecule has 2 heteroatoms. The molecule has 1 heterocycles. The average Bonchev–Trinajstić information content (AvgIpc) is 2.40. The molecule has 0 atom stereocenters. The maximum absolute atomic E-state index is 9.69. The van der Waals surface area contributed by atoms with Crippen molar-refractivity contribution in [3.8, 4) is 0 Å². The first kappa shape index (κ1) is 12.6. The summed E-state index contributed by atoms with van der Waals surface area (Å²) >= 11 is 0. The molecular formula is C15H23NO. The van der Waals surface area contributed by atoms with E-state index in [0.717, 1.165) is 38.8 Å². The Morgan fingerprint density at radius 2 is 1.82 bits per heavy atom. The summed E-state index contributed by atoms with van der Waals surface area (Å²) < 4.78 is 0. The van der Waals surface area contributed by atoms with Crippen LogP contribution in [0, 0.1) is 5.41 Å². The maximum Gasteiger partial charge on any atom is 0.0488 e. The molecule has 94 valence electrons. The van der Waals surface area contributed by atoms with E-state index in [4.69, 9.17) is 0 Å². The molecule has 2 rings (SSSR count). The minimum Gasteiger partial charge on any atom is -0.396 e. The number of hydrogen-bond acceptors (Lipinski definition) is 2. The third kappa shape index (κ3) is 3.30. The molecular weight excluding hydrogens is 210 g/mol. The highest BCUT2D eigenvalue weighted by atomic mass is 16.3. The summed E-state index contributed by atoms with van der Waals surface area (Å²) in [6.45, 7) is 2.58. The van der Waals surface area contributed by atoms with Crippen LogP contribution in [0.15, 0.2) is 30.3 Å². The van der Waals surface area contributed by atoms with Gasteiger partial charge in [-0.15, -0.1) is 0 Å². The number of hydrogen-bond donors (Lipinski definition) is 1. The third-order valence-electron chi connectivity index (χ3n) is 4.17. The largest absolute Gasteiger partial charge is 0.396 e.